The highest BCUT2D eigenvalue weighted by atomic mass is 19.1. The van der Waals surface area contributed by atoms with Gasteiger partial charge < -0.3 is 10.4 Å². The number of rotatable bonds is 4. The molecule has 3 N–H and O–H groups in total. The fraction of sp³-hybridized carbons (Fsp3) is 0.400. The van der Waals surface area contributed by atoms with E-state index < -0.39 is 11.7 Å². The van der Waals surface area contributed by atoms with Crippen LogP contribution in [0.25, 0.3) is 10.9 Å². The average molecular weight is 320 g/mol. The van der Waals surface area contributed by atoms with Crippen molar-refractivity contribution < 1.29 is 19.1 Å². The van der Waals surface area contributed by atoms with Gasteiger partial charge >= 0.3 is 0 Å². The molecule has 2 atom stereocenters. The highest BCUT2D eigenvalue weighted by Gasteiger charge is 2.37. The fourth-order valence-electron chi connectivity index (χ4n) is 2.70. The van der Waals surface area contributed by atoms with Gasteiger partial charge in [-0.3, -0.25) is 19.6 Å². The van der Waals surface area contributed by atoms with E-state index in [1.165, 1.54) is 11.0 Å². The van der Waals surface area contributed by atoms with Gasteiger partial charge in [0.25, 0.3) is 0 Å². The minimum absolute atomic E-state index is 0.0345. The van der Waals surface area contributed by atoms with E-state index in [1.807, 2.05) is 0 Å². The Bertz CT molecular complexity index is 760. The molecule has 23 heavy (non-hydrogen) atoms. The monoisotopic (exact) mass is 320 g/mol. The molecule has 0 aliphatic carbocycles. The second kappa shape index (κ2) is 5.96. The molecule has 0 spiro atoms. The molecular weight excluding hydrogens is 303 g/mol. The van der Waals surface area contributed by atoms with Crippen LogP contribution < -0.4 is 10.2 Å². The van der Waals surface area contributed by atoms with Crippen LogP contribution in [0.3, 0.4) is 0 Å². The summed E-state index contributed by atoms with van der Waals surface area (Å²) >= 11 is 0. The third kappa shape index (κ3) is 2.77. The van der Waals surface area contributed by atoms with Gasteiger partial charge in [0, 0.05) is 19.0 Å². The van der Waals surface area contributed by atoms with Gasteiger partial charge in [0.05, 0.1) is 23.4 Å². The van der Waals surface area contributed by atoms with Crippen LogP contribution in [0.2, 0.25) is 0 Å². The van der Waals surface area contributed by atoms with Gasteiger partial charge in [-0.05, 0) is 19.1 Å². The van der Waals surface area contributed by atoms with Crippen molar-refractivity contribution in [3.8, 4) is 0 Å². The van der Waals surface area contributed by atoms with E-state index in [9.17, 15) is 14.0 Å². The zero-order valence-corrected chi connectivity index (χ0v) is 12.5. The zero-order valence-electron chi connectivity index (χ0n) is 12.5. The standard InChI is InChI=1S/C15H17FN4O3/c1-8(7-21)17-15(23)9-5-12(22)20(6-9)14-13-10(16)3-2-4-11(13)18-19-14/h2-4,8-9,21H,5-7H2,1H3,(H,17,23)(H,18,19)/t8-,9-/m0/s1. The van der Waals surface area contributed by atoms with Crippen LogP contribution in [0.15, 0.2) is 18.2 Å². The summed E-state index contributed by atoms with van der Waals surface area (Å²) in [6.45, 7) is 1.63. The fourth-order valence-corrected chi connectivity index (χ4v) is 2.70. The first kappa shape index (κ1) is 15.4. The summed E-state index contributed by atoms with van der Waals surface area (Å²) in [5.41, 5.74) is 0.495. The molecule has 3 rings (SSSR count). The van der Waals surface area contributed by atoms with Crippen LogP contribution in [0, 0.1) is 11.7 Å². The SMILES string of the molecule is C[C@@H](CO)NC(=O)[C@H]1CC(=O)N(c2n[nH]c3cccc(F)c23)C1. The number of benzene rings is 1. The Morgan fingerprint density at radius 3 is 3.13 bits per heavy atom. The van der Waals surface area contributed by atoms with E-state index in [0.29, 0.717) is 5.52 Å². The summed E-state index contributed by atoms with van der Waals surface area (Å²) in [5.74, 6) is -1.40. The van der Waals surface area contributed by atoms with Gasteiger partial charge in [-0.2, -0.15) is 5.10 Å². The highest BCUT2D eigenvalue weighted by Crippen LogP contribution is 2.31. The van der Waals surface area contributed by atoms with Crippen LogP contribution in [-0.4, -0.2) is 46.3 Å². The number of aliphatic hydroxyl groups excluding tert-OH is 1. The van der Waals surface area contributed by atoms with Crippen molar-refractivity contribution in [3.63, 3.8) is 0 Å². The first-order chi connectivity index (χ1) is 11.0. The molecule has 1 aromatic carbocycles. The van der Waals surface area contributed by atoms with Crippen molar-refractivity contribution in [1.29, 1.82) is 0 Å². The summed E-state index contributed by atoms with van der Waals surface area (Å²) in [6.07, 6.45) is 0.0345. The quantitative estimate of drug-likeness (QED) is 0.766. The predicted octanol–water partition coefficient (Wildman–Crippen LogP) is 0.552. The Morgan fingerprint density at radius 1 is 1.61 bits per heavy atom. The lowest BCUT2D eigenvalue weighted by Crippen LogP contribution is -2.40. The van der Waals surface area contributed by atoms with Gasteiger partial charge in [0.15, 0.2) is 5.82 Å². The van der Waals surface area contributed by atoms with Gasteiger partial charge in [-0.25, -0.2) is 4.39 Å². The normalized spacial score (nSPS) is 19.3. The highest BCUT2D eigenvalue weighted by molar-refractivity contribution is 6.05. The van der Waals surface area contributed by atoms with Crippen molar-refractivity contribution in [3.05, 3.63) is 24.0 Å². The Kier molecular flexibility index (Phi) is 3.99. The summed E-state index contributed by atoms with van der Waals surface area (Å²) < 4.78 is 14.0. The van der Waals surface area contributed by atoms with Gasteiger partial charge in [-0.1, -0.05) is 6.07 Å². The molecule has 8 heteroatoms. The van der Waals surface area contributed by atoms with Gasteiger partial charge in [0.1, 0.15) is 5.82 Å². The van der Waals surface area contributed by atoms with E-state index in [-0.39, 0.29) is 48.6 Å². The Morgan fingerprint density at radius 2 is 2.39 bits per heavy atom. The van der Waals surface area contributed by atoms with E-state index in [2.05, 4.69) is 15.5 Å². The number of amides is 2. The second-order valence-electron chi connectivity index (χ2n) is 5.71. The van der Waals surface area contributed by atoms with Crippen molar-refractivity contribution in [2.24, 2.45) is 5.92 Å². The first-order valence-electron chi connectivity index (χ1n) is 7.35. The molecule has 0 bridgehead atoms. The third-order valence-electron chi connectivity index (χ3n) is 3.93. The van der Waals surface area contributed by atoms with Crippen LogP contribution >= 0.6 is 0 Å². The largest absolute Gasteiger partial charge is 0.394 e. The maximum absolute atomic E-state index is 14.0. The van der Waals surface area contributed by atoms with E-state index in [4.69, 9.17) is 5.11 Å². The van der Waals surface area contributed by atoms with Gasteiger partial charge in [0.2, 0.25) is 11.8 Å². The lowest BCUT2D eigenvalue weighted by atomic mass is 10.1. The van der Waals surface area contributed by atoms with Crippen LogP contribution in [0.5, 0.6) is 0 Å². The van der Waals surface area contributed by atoms with Crippen molar-refractivity contribution in [2.75, 3.05) is 18.1 Å². The second-order valence-corrected chi connectivity index (χ2v) is 5.71. The Hall–Kier alpha value is -2.48. The van der Waals surface area contributed by atoms with Crippen LogP contribution in [0.1, 0.15) is 13.3 Å². The molecule has 1 fully saturated rings. The number of aliphatic hydroxyl groups is 1. The van der Waals surface area contributed by atoms with Crippen LogP contribution in [-0.2, 0) is 9.59 Å². The minimum atomic E-state index is -0.546. The number of carbonyl (C=O) groups is 2. The molecule has 2 amide bonds. The Labute approximate surface area is 131 Å². The molecule has 0 saturated carbocycles. The average Bonchev–Trinajstić information content (AvgIpc) is 3.11. The van der Waals surface area contributed by atoms with Crippen LogP contribution in [0.4, 0.5) is 10.2 Å². The van der Waals surface area contributed by atoms with E-state index in [0.717, 1.165) is 0 Å². The van der Waals surface area contributed by atoms with Crippen molar-refractivity contribution in [2.45, 2.75) is 19.4 Å². The number of aromatic amines is 1. The molecule has 2 aromatic rings. The minimum Gasteiger partial charge on any atom is -0.394 e. The first-order valence-corrected chi connectivity index (χ1v) is 7.35. The van der Waals surface area contributed by atoms with Gasteiger partial charge in [-0.15, -0.1) is 0 Å². The molecule has 2 heterocycles. The summed E-state index contributed by atoms with van der Waals surface area (Å²) in [4.78, 5) is 25.6. The maximum atomic E-state index is 14.0. The molecule has 1 aromatic heterocycles. The molecule has 122 valence electrons. The maximum Gasteiger partial charge on any atom is 0.229 e. The molecule has 1 aliphatic rings. The molecule has 0 unspecified atom stereocenters. The molecule has 1 saturated heterocycles. The molecule has 7 nitrogen and oxygen atoms in total. The topological polar surface area (TPSA) is 98.3 Å². The van der Waals surface area contributed by atoms with Crippen molar-refractivity contribution >= 4 is 28.5 Å². The number of carbonyl (C=O) groups excluding carboxylic acids is 2. The van der Waals surface area contributed by atoms with E-state index >= 15 is 0 Å². The number of halogens is 1. The lowest BCUT2D eigenvalue weighted by Gasteiger charge is -2.16. The van der Waals surface area contributed by atoms with E-state index in [1.54, 1.807) is 19.1 Å². The molecular formula is C15H17FN4O3. The smallest absolute Gasteiger partial charge is 0.229 e. The summed E-state index contributed by atoms with van der Waals surface area (Å²) in [7, 11) is 0. The number of nitrogens with zero attached hydrogens (tertiary/aromatic N) is 2. The number of nitrogens with one attached hydrogen (secondary N) is 2. The zero-order chi connectivity index (χ0) is 16.6. The predicted molar refractivity (Wildman–Crippen MR) is 81.2 cm³/mol. The van der Waals surface area contributed by atoms with Crippen molar-refractivity contribution in [1.82, 2.24) is 15.5 Å². The number of H-pyrrole nitrogens is 1. The third-order valence-corrected chi connectivity index (χ3v) is 3.93. The lowest BCUT2D eigenvalue weighted by molar-refractivity contribution is -0.127. The number of fused-ring (bicyclic) bond motifs is 1. The number of aromatic nitrogens is 2. The molecule has 0 radical (unpaired) electrons. The molecule has 1 aliphatic heterocycles. The summed E-state index contributed by atoms with van der Waals surface area (Å²) in [6, 6.07) is 4.14. The Balaban J connectivity index is 1.84. The number of anilines is 1. The number of hydrogen-bond acceptors (Lipinski definition) is 4. The summed E-state index contributed by atoms with van der Waals surface area (Å²) in [5, 5.41) is 18.6. The number of hydrogen-bond donors (Lipinski definition) is 3.